The van der Waals surface area contributed by atoms with Crippen LogP contribution in [-0.2, 0) is 11.3 Å². The van der Waals surface area contributed by atoms with E-state index in [1.807, 2.05) is 29.5 Å². The van der Waals surface area contributed by atoms with Gasteiger partial charge in [0.25, 0.3) is 0 Å². The van der Waals surface area contributed by atoms with Crippen molar-refractivity contribution in [1.82, 2.24) is 20.0 Å². The number of hydrogen-bond donors (Lipinski definition) is 1. The predicted octanol–water partition coefficient (Wildman–Crippen LogP) is 1.74. The third-order valence-corrected chi connectivity index (χ3v) is 4.11. The van der Waals surface area contributed by atoms with Crippen molar-refractivity contribution in [3.05, 3.63) is 17.5 Å². The standard InChI is InChI=1S/C16H28N4O/c1-4-8-19(11-15-6-5-7-17-10-15)16(21)12-20-14(3)9-13(2)18-20/h9,15,17H,4-8,10-12H2,1-3H3. The first-order valence-corrected chi connectivity index (χ1v) is 8.09. The summed E-state index contributed by atoms with van der Waals surface area (Å²) < 4.78 is 1.82. The molecule has 1 aromatic heterocycles. The highest BCUT2D eigenvalue weighted by Crippen LogP contribution is 2.13. The van der Waals surface area contributed by atoms with E-state index < -0.39 is 0 Å². The second-order valence-electron chi connectivity index (χ2n) is 6.14. The Morgan fingerprint density at radius 1 is 1.52 bits per heavy atom. The molecule has 1 aromatic rings. The highest BCUT2D eigenvalue weighted by Gasteiger charge is 2.21. The first-order valence-electron chi connectivity index (χ1n) is 8.09. The lowest BCUT2D eigenvalue weighted by molar-refractivity contribution is -0.132. The Hall–Kier alpha value is -1.36. The third kappa shape index (κ3) is 4.56. The topological polar surface area (TPSA) is 50.2 Å². The molecule has 0 bridgehead atoms. The number of rotatable bonds is 6. The van der Waals surface area contributed by atoms with Crippen LogP contribution >= 0.6 is 0 Å². The summed E-state index contributed by atoms with van der Waals surface area (Å²) in [7, 11) is 0. The molecule has 5 heteroatoms. The van der Waals surface area contributed by atoms with Crippen LogP contribution in [0.4, 0.5) is 0 Å². The van der Waals surface area contributed by atoms with Crippen molar-refractivity contribution in [1.29, 1.82) is 0 Å². The fourth-order valence-electron chi connectivity index (χ4n) is 3.04. The molecule has 1 saturated heterocycles. The van der Waals surface area contributed by atoms with E-state index in [9.17, 15) is 4.79 Å². The van der Waals surface area contributed by atoms with Gasteiger partial charge in [-0.2, -0.15) is 5.10 Å². The minimum atomic E-state index is 0.189. The lowest BCUT2D eigenvalue weighted by Crippen LogP contribution is -2.42. The van der Waals surface area contributed by atoms with Crippen LogP contribution < -0.4 is 5.32 Å². The average molecular weight is 292 g/mol. The molecule has 1 aliphatic heterocycles. The van der Waals surface area contributed by atoms with Crippen molar-refractivity contribution >= 4 is 5.91 Å². The summed E-state index contributed by atoms with van der Waals surface area (Å²) in [6, 6.07) is 2.02. The molecule has 5 nitrogen and oxygen atoms in total. The number of amides is 1. The maximum atomic E-state index is 12.6. The van der Waals surface area contributed by atoms with Gasteiger partial charge in [0.15, 0.2) is 0 Å². The number of carbonyl (C=O) groups excluding carboxylic acids is 1. The second kappa shape index (κ2) is 7.59. The van der Waals surface area contributed by atoms with Gasteiger partial charge in [-0.05, 0) is 58.2 Å². The Kier molecular flexibility index (Phi) is 5.79. The molecule has 0 saturated carbocycles. The van der Waals surface area contributed by atoms with E-state index >= 15 is 0 Å². The zero-order valence-electron chi connectivity index (χ0n) is 13.6. The van der Waals surface area contributed by atoms with E-state index in [2.05, 4.69) is 17.3 Å². The molecule has 1 unspecified atom stereocenters. The molecule has 0 spiro atoms. The summed E-state index contributed by atoms with van der Waals surface area (Å²) in [6.45, 7) is 10.3. The summed E-state index contributed by atoms with van der Waals surface area (Å²) >= 11 is 0. The second-order valence-corrected chi connectivity index (χ2v) is 6.14. The number of carbonyl (C=O) groups is 1. The van der Waals surface area contributed by atoms with Gasteiger partial charge >= 0.3 is 0 Å². The van der Waals surface area contributed by atoms with Crippen molar-refractivity contribution in [2.24, 2.45) is 5.92 Å². The zero-order chi connectivity index (χ0) is 15.2. The molecular formula is C16H28N4O. The van der Waals surface area contributed by atoms with Gasteiger partial charge in [-0.15, -0.1) is 0 Å². The molecule has 0 aromatic carbocycles. The molecule has 1 fully saturated rings. The molecule has 2 rings (SSSR count). The average Bonchev–Trinajstić information content (AvgIpc) is 2.77. The third-order valence-electron chi connectivity index (χ3n) is 4.11. The molecule has 0 aliphatic carbocycles. The smallest absolute Gasteiger partial charge is 0.244 e. The normalized spacial score (nSPS) is 18.7. The largest absolute Gasteiger partial charge is 0.341 e. The Morgan fingerprint density at radius 2 is 2.33 bits per heavy atom. The molecule has 21 heavy (non-hydrogen) atoms. The van der Waals surface area contributed by atoms with Gasteiger partial charge in [0, 0.05) is 18.8 Å². The maximum absolute atomic E-state index is 12.6. The van der Waals surface area contributed by atoms with Gasteiger partial charge in [0.1, 0.15) is 6.54 Å². The van der Waals surface area contributed by atoms with Gasteiger partial charge in [-0.1, -0.05) is 6.92 Å². The number of aryl methyl sites for hydroxylation is 2. The molecule has 1 amide bonds. The number of nitrogens with zero attached hydrogens (tertiary/aromatic N) is 3. The molecule has 1 N–H and O–H groups in total. The minimum absolute atomic E-state index is 0.189. The number of nitrogens with one attached hydrogen (secondary N) is 1. The van der Waals surface area contributed by atoms with Crippen molar-refractivity contribution in [3.8, 4) is 0 Å². The van der Waals surface area contributed by atoms with Crippen LogP contribution in [0.3, 0.4) is 0 Å². The first kappa shape index (κ1) is 16.0. The fraction of sp³-hybridized carbons (Fsp3) is 0.750. The number of hydrogen-bond acceptors (Lipinski definition) is 3. The molecule has 118 valence electrons. The summed E-state index contributed by atoms with van der Waals surface area (Å²) in [5.74, 6) is 0.781. The van der Waals surface area contributed by atoms with Crippen LogP contribution in [0, 0.1) is 19.8 Å². The predicted molar refractivity (Wildman–Crippen MR) is 84.2 cm³/mol. The summed E-state index contributed by atoms with van der Waals surface area (Å²) in [4.78, 5) is 14.6. The summed E-state index contributed by atoms with van der Waals surface area (Å²) in [5.41, 5.74) is 2.02. The highest BCUT2D eigenvalue weighted by molar-refractivity contribution is 5.76. The Morgan fingerprint density at radius 3 is 2.90 bits per heavy atom. The minimum Gasteiger partial charge on any atom is -0.341 e. The van der Waals surface area contributed by atoms with Gasteiger partial charge in [0.2, 0.25) is 5.91 Å². The van der Waals surface area contributed by atoms with Crippen LogP contribution in [0.5, 0.6) is 0 Å². The monoisotopic (exact) mass is 292 g/mol. The molecule has 0 radical (unpaired) electrons. The van der Waals surface area contributed by atoms with Crippen molar-refractivity contribution in [3.63, 3.8) is 0 Å². The van der Waals surface area contributed by atoms with Crippen LogP contribution in [0.15, 0.2) is 6.07 Å². The molecule has 1 aliphatic rings. The SMILES string of the molecule is CCCN(CC1CCCNC1)C(=O)Cn1nc(C)cc1C. The van der Waals surface area contributed by atoms with Crippen molar-refractivity contribution in [2.75, 3.05) is 26.2 Å². The van der Waals surface area contributed by atoms with E-state index in [-0.39, 0.29) is 5.91 Å². The van der Waals surface area contributed by atoms with Gasteiger partial charge in [0.05, 0.1) is 5.69 Å². The molecular weight excluding hydrogens is 264 g/mol. The van der Waals surface area contributed by atoms with E-state index in [0.29, 0.717) is 12.5 Å². The van der Waals surface area contributed by atoms with E-state index in [4.69, 9.17) is 0 Å². The quantitative estimate of drug-likeness (QED) is 0.869. The molecule has 2 heterocycles. The van der Waals surface area contributed by atoms with Crippen LogP contribution in [0.2, 0.25) is 0 Å². The maximum Gasteiger partial charge on any atom is 0.244 e. The van der Waals surface area contributed by atoms with Gasteiger partial charge < -0.3 is 10.2 Å². The van der Waals surface area contributed by atoms with Crippen molar-refractivity contribution < 1.29 is 4.79 Å². The van der Waals surface area contributed by atoms with Crippen molar-refractivity contribution in [2.45, 2.75) is 46.6 Å². The molecule has 1 atom stereocenters. The van der Waals surface area contributed by atoms with Crippen LogP contribution in [-0.4, -0.2) is 46.8 Å². The highest BCUT2D eigenvalue weighted by atomic mass is 16.2. The first-order chi connectivity index (χ1) is 10.1. The Balaban J connectivity index is 1.95. The lowest BCUT2D eigenvalue weighted by Gasteiger charge is -2.30. The van der Waals surface area contributed by atoms with Crippen LogP contribution in [0.25, 0.3) is 0 Å². The Labute approximate surface area is 127 Å². The van der Waals surface area contributed by atoms with Crippen LogP contribution in [0.1, 0.15) is 37.6 Å². The summed E-state index contributed by atoms with van der Waals surface area (Å²) in [6.07, 6.45) is 3.44. The Bertz CT molecular complexity index is 463. The number of piperidine rings is 1. The van der Waals surface area contributed by atoms with E-state index in [0.717, 1.165) is 44.0 Å². The van der Waals surface area contributed by atoms with E-state index in [1.165, 1.54) is 12.8 Å². The van der Waals surface area contributed by atoms with Gasteiger partial charge in [-0.25, -0.2) is 0 Å². The lowest BCUT2D eigenvalue weighted by atomic mass is 9.99. The summed E-state index contributed by atoms with van der Waals surface area (Å²) in [5, 5.41) is 7.82. The number of aromatic nitrogens is 2. The van der Waals surface area contributed by atoms with E-state index in [1.54, 1.807) is 0 Å². The van der Waals surface area contributed by atoms with Gasteiger partial charge in [-0.3, -0.25) is 9.48 Å². The fourth-order valence-corrected chi connectivity index (χ4v) is 3.04. The zero-order valence-corrected chi connectivity index (χ0v) is 13.6.